The second-order valence-corrected chi connectivity index (χ2v) is 6.81. The number of benzene rings is 2. The van der Waals surface area contributed by atoms with Crippen molar-refractivity contribution < 1.29 is 0 Å². The molecule has 2 aromatic carbocycles. The molecule has 0 fully saturated rings. The highest BCUT2D eigenvalue weighted by Crippen LogP contribution is 2.36. The van der Waals surface area contributed by atoms with Gasteiger partial charge in [0.05, 0.1) is 4.83 Å². The Morgan fingerprint density at radius 1 is 1.00 bits per heavy atom. The summed E-state index contributed by atoms with van der Waals surface area (Å²) in [6, 6.07) is 15.0. The first kappa shape index (κ1) is 14.3. The number of hydrogen-bond acceptors (Lipinski definition) is 0. The Morgan fingerprint density at radius 2 is 1.67 bits per heavy atom. The molecule has 3 heteroatoms. The van der Waals surface area contributed by atoms with Crippen LogP contribution in [0.25, 0.3) is 0 Å². The molecule has 1 unspecified atom stereocenters. The maximum atomic E-state index is 3.77. The van der Waals surface area contributed by atoms with Crippen molar-refractivity contribution in [1.29, 1.82) is 0 Å². The van der Waals surface area contributed by atoms with Crippen LogP contribution in [0.3, 0.4) is 0 Å². The fraction of sp³-hybridized carbons (Fsp3) is 0.200. The monoisotopic (exact) mass is 430 g/mol. The maximum absolute atomic E-state index is 3.77. The Bertz CT molecular complexity index is 532. The van der Waals surface area contributed by atoms with Gasteiger partial charge in [-0.05, 0) is 41.3 Å². The number of halogens is 3. The molecule has 0 nitrogen and oxygen atoms in total. The topological polar surface area (TPSA) is 0 Å². The molecule has 2 aromatic rings. The zero-order chi connectivity index (χ0) is 13.1. The minimum atomic E-state index is 0.204. The zero-order valence-corrected chi connectivity index (χ0v) is 14.7. The molecule has 0 amide bonds. The fourth-order valence-electron chi connectivity index (χ4n) is 1.81. The van der Waals surface area contributed by atoms with Crippen molar-refractivity contribution in [2.75, 3.05) is 0 Å². The van der Waals surface area contributed by atoms with E-state index in [1.165, 1.54) is 16.7 Å². The minimum Gasteiger partial charge on any atom is -0.0786 e. The number of alkyl halides is 1. The van der Waals surface area contributed by atoms with E-state index in [1.807, 2.05) is 6.07 Å². The van der Waals surface area contributed by atoms with Gasteiger partial charge in [-0.1, -0.05) is 79.0 Å². The quantitative estimate of drug-likeness (QED) is 0.502. The summed E-state index contributed by atoms with van der Waals surface area (Å²) >= 11 is 10.9. The van der Waals surface area contributed by atoms with Crippen molar-refractivity contribution in [3.63, 3.8) is 0 Å². The first-order valence-corrected chi connectivity index (χ1v) is 8.30. The Hall–Kier alpha value is -0.120. The van der Waals surface area contributed by atoms with Crippen molar-refractivity contribution in [3.8, 4) is 0 Å². The predicted molar refractivity (Wildman–Crippen MR) is 88.4 cm³/mol. The van der Waals surface area contributed by atoms with Gasteiger partial charge < -0.3 is 0 Å². The van der Waals surface area contributed by atoms with Gasteiger partial charge in [0.1, 0.15) is 0 Å². The molecule has 0 spiro atoms. The number of aryl methyl sites for hydroxylation is 1. The Labute approximate surface area is 133 Å². The van der Waals surface area contributed by atoms with E-state index >= 15 is 0 Å². The molecule has 0 N–H and O–H groups in total. The van der Waals surface area contributed by atoms with Crippen LogP contribution in [-0.4, -0.2) is 0 Å². The van der Waals surface area contributed by atoms with Crippen LogP contribution in [-0.2, 0) is 6.42 Å². The van der Waals surface area contributed by atoms with E-state index in [2.05, 4.69) is 91.1 Å². The van der Waals surface area contributed by atoms with Crippen LogP contribution in [0.5, 0.6) is 0 Å². The maximum Gasteiger partial charge on any atom is 0.0656 e. The van der Waals surface area contributed by atoms with E-state index in [1.54, 1.807) is 0 Å². The number of rotatable bonds is 3. The molecule has 18 heavy (non-hydrogen) atoms. The van der Waals surface area contributed by atoms with Crippen molar-refractivity contribution in [3.05, 3.63) is 68.1 Å². The van der Waals surface area contributed by atoms with Gasteiger partial charge in [0, 0.05) is 8.95 Å². The van der Waals surface area contributed by atoms with Gasteiger partial charge in [-0.2, -0.15) is 0 Å². The van der Waals surface area contributed by atoms with E-state index in [9.17, 15) is 0 Å². The molecule has 0 bridgehead atoms. The molecular formula is C15H13Br3. The average Bonchev–Trinajstić information content (AvgIpc) is 2.41. The van der Waals surface area contributed by atoms with Crippen LogP contribution in [0, 0.1) is 0 Å². The predicted octanol–water partition coefficient (Wildman–Crippen LogP) is 6.26. The van der Waals surface area contributed by atoms with Gasteiger partial charge in [0.15, 0.2) is 0 Å². The summed E-state index contributed by atoms with van der Waals surface area (Å²) < 4.78 is 2.21. The summed E-state index contributed by atoms with van der Waals surface area (Å²) in [7, 11) is 0. The summed E-state index contributed by atoms with van der Waals surface area (Å²) in [5.74, 6) is 0. The third kappa shape index (κ3) is 3.25. The van der Waals surface area contributed by atoms with Crippen molar-refractivity contribution in [1.82, 2.24) is 0 Å². The molecule has 0 heterocycles. The molecule has 94 valence electrons. The van der Waals surface area contributed by atoms with Gasteiger partial charge in [0.2, 0.25) is 0 Å². The van der Waals surface area contributed by atoms with Crippen LogP contribution in [0.15, 0.2) is 51.4 Å². The molecule has 0 aliphatic rings. The fourth-order valence-corrected chi connectivity index (χ4v) is 3.66. The van der Waals surface area contributed by atoms with Gasteiger partial charge in [-0.15, -0.1) is 0 Å². The first-order valence-electron chi connectivity index (χ1n) is 5.79. The van der Waals surface area contributed by atoms with Gasteiger partial charge in [0.25, 0.3) is 0 Å². The Kier molecular flexibility index (Phi) is 5.05. The van der Waals surface area contributed by atoms with Crippen LogP contribution in [0.1, 0.15) is 28.4 Å². The second kappa shape index (κ2) is 6.36. The third-order valence-corrected chi connectivity index (χ3v) is 5.15. The summed E-state index contributed by atoms with van der Waals surface area (Å²) in [5.41, 5.74) is 3.87. The summed E-state index contributed by atoms with van der Waals surface area (Å²) in [6.07, 6.45) is 1.08. The minimum absolute atomic E-state index is 0.204. The standard InChI is InChI=1S/C15H13Br3/c1-2-10-3-5-11(6-4-10)15(18)13-9-12(16)7-8-14(13)17/h3-9,15H,2H2,1H3. The summed E-state index contributed by atoms with van der Waals surface area (Å²) in [4.78, 5) is 0.204. The highest BCUT2D eigenvalue weighted by atomic mass is 79.9. The lowest BCUT2D eigenvalue weighted by Crippen LogP contribution is -1.94. The zero-order valence-electron chi connectivity index (χ0n) is 9.96. The molecule has 0 aliphatic carbocycles. The largest absolute Gasteiger partial charge is 0.0786 e. The van der Waals surface area contributed by atoms with E-state index in [-0.39, 0.29) is 4.83 Å². The van der Waals surface area contributed by atoms with E-state index < -0.39 is 0 Å². The Balaban J connectivity index is 2.34. The summed E-state index contributed by atoms with van der Waals surface area (Å²) in [6.45, 7) is 2.17. The smallest absolute Gasteiger partial charge is 0.0656 e. The molecule has 0 radical (unpaired) electrons. The normalized spacial score (nSPS) is 12.4. The van der Waals surface area contributed by atoms with Gasteiger partial charge in [-0.3, -0.25) is 0 Å². The van der Waals surface area contributed by atoms with Crippen molar-refractivity contribution in [2.24, 2.45) is 0 Å². The molecule has 0 saturated carbocycles. The Morgan fingerprint density at radius 3 is 2.28 bits per heavy atom. The lowest BCUT2D eigenvalue weighted by molar-refractivity contribution is 1.11. The van der Waals surface area contributed by atoms with Crippen LogP contribution in [0.2, 0.25) is 0 Å². The molecule has 1 atom stereocenters. The highest BCUT2D eigenvalue weighted by molar-refractivity contribution is 9.11. The van der Waals surface area contributed by atoms with Crippen molar-refractivity contribution in [2.45, 2.75) is 18.2 Å². The molecule has 0 aliphatic heterocycles. The average molecular weight is 433 g/mol. The van der Waals surface area contributed by atoms with E-state index in [0.29, 0.717) is 0 Å². The van der Waals surface area contributed by atoms with Crippen LogP contribution < -0.4 is 0 Å². The molecule has 2 rings (SSSR count). The SMILES string of the molecule is CCc1ccc(C(Br)c2cc(Br)ccc2Br)cc1. The van der Waals surface area contributed by atoms with E-state index in [0.717, 1.165) is 15.4 Å². The third-order valence-electron chi connectivity index (χ3n) is 2.91. The van der Waals surface area contributed by atoms with Crippen molar-refractivity contribution >= 4 is 47.8 Å². The molecule has 0 saturated heterocycles. The van der Waals surface area contributed by atoms with Crippen LogP contribution in [0.4, 0.5) is 0 Å². The van der Waals surface area contributed by atoms with Gasteiger partial charge >= 0.3 is 0 Å². The highest BCUT2D eigenvalue weighted by Gasteiger charge is 2.13. The van der Waals surface area contributed by atoms with Crippen LogP contribution >= 0.6 is 47.8 Å². The number of hydrogen-bond donors (Lipinski definition) is 0. The first-order chi connectivity index (χ1) is 8.61. The summed E-state index contributed by atoms with van der Waals surface area (Å²) in [5, 5.41) is 0. The molecule has 0 aromatic heterocycles. The van der Waals surface area contributed by atoms with Gasteiger partial charge in [-0.25, -0.2) is 0 Å². The second-order valence-electron chi connectivity index (χ2n) is 4.12. The molecular weight excluding hydrogens is 420 g/mol. The van der Waals surface area contributed by atoms with E-state index in [4.69, 9.17) is 0 Å². The lowest BCUT2D eigenvalue weighted by Gasteiger charge is -2.13. The lowest BCUT2D eigenvalue weighted by atomic mass is 10.0.